The molecule has 1 aliphatic rings. The first-order valence-electron chi connectivity index (χ1n) is 7.17. The van der Waals surface area contributed by atoms with Crippen LogP contribution >= 0.6 is 11.3 Å². The van der Waals surface area contributed by atoms with Gasteiger partial charge in [0.05, 0.1) is 6.54 Å². The monoisotopic (exact) mass is 289 g/mol. The quantitative estimate of drug-likeness (QED) is 0.920. The second-order valence-corrected chi connectivity index (χ2v) is 6.36. The number of aryl methyl sites for hydroxylation is 3. The fraction of sp³-hybridized carbons (Fsp3) is 0.467. The number of aromatic nitrogens is 2. The molecule has 3 rings (SSSR count). The van der Waals surface area contributed by atoms with E-state index in [-0.39, 0.29) is 5.56 Å². The van der Waals surface area contributed by atoms with Gasteiger partial charge in [-0.25, -0.2) is 4.98 Å². The number of thiophene rings is 1. The molecular formula is C15H19N3OS. The zero-order valence-corrected chi connectivity index (χ0v) is 12.5. The lowest BCUT2D eigenvalue weighted by molar-refractivity contribution is 0.649. The van der Waals surface area contributed by atoms with E-state index in [1.54, 1.807) is 17.0 Å². The molecule has 2 aromatic heterocycles. The van der Waals surface area contributed by atoms with Gasteiger partial charge in [-0.15, -0.1) is 11.3 Å². The molecule has 0 bridgehead atoms. The van der Waals surface area contributed by atoms with E-state index in [1.165, 1.54) is 34.6 Å². The summed E-state index contributed by atoms with van der Waals surface area (Å²) < 4.78 is 1.71. The Hall–Kier alpha value is -1.62. The van der Waals surface area contributed by atoms with Gasteiger partial charge in [-0.3, -0.25) is 4.79 Å². The summed E-state index contributed by atoms with van der Waals surface area (Å²) in [4.78, 5) is 19.1. The number of hydrogen-bond donors (Lipinski definition) is 1. The van der Waals surface area contributed by atoms with Crippen LogP contribution in [0.1, 0.15) is 35.1 Å². The second-order valence-electron chi connectivity index (χ2n) is 5.14. The van der Waals surface area contributed by atoms with Crippen LogP contribution in [0, 0.1) is 0 Å². The Bertz CT molecular complexity index is 638. The van der Waals surface area contributed by atoms with Crippen molar-refractivity contribution >= 4 is 17.2 Å². The summed E-state index contributed by atoms with van der Waals surface area (Å²) in [6.45, 7) is 3.49. The van der Waals surface area contributed by atoms with Crippen molar-refractivity contribution in [2.75, 3.05) is 5.32 Å². The van der Waals surface area contributed by atoms with Crippen molar-refractivity contribution in [2.45, 2.75) is 45.7 Å². The summed E-state index contributed by atoms with van der Waals surface area (Å²) >= 11 is 1.86. The van der Waals surface area contributed by atoms with Crippen LogP contribution < -0.4 is 10.9 Å². The Morgan fingerprint density at radius 3 is 3.15 bits per heavy atom. The average Bonchev–Trinajstić information content (AvgIpc) is 3.01. The van der Waals surface area contributed by atoms with Crippen LogP contribution in [-0.4, -0.2) is 9.55 Å². The van der Waals surface area contributed by atoms with Crippen LogP contribution in [0.15, 0.2) is 23.3 Å². The maximum Gasteiger partial charge on any atom is 0.293 e. The van der Waals surface area contributed by atoms with Crippen molar-refractivity contribution in [1.82, 2.24) is 9.55 Å². The number of nitrogens with one attached hydrogen (secondary N) is 1. The Morgan fingerprint density at radius 2 is 2.35 bits per heavy atom. The van der Waals surface area contributed by atoms with Crippen LogP contribution in [0.3, 0.4) is 0 Å². The van der Waals surface area contributed by atoms with Gasteiger partial charge in [0.2, 0.25) is 0 Å². The molecule has 1 aliphatic carbocycles. The van der Waals surface area contributed by atoms with Gasteiger partial charge in [0.15, 0.2) is 5.82 Å². The third kappa shape index (κ3) is 2.63. The van der Waals surface area contributed by atoms with E-state index in [0.29, 0.717) is 12.4 Å². The summed E-state index contributed by atoms with van der Waals surface area (Å²) in [6, 6.07) is 2.27. The number of nitrogens with zero attached hydrogens (tertiary/aromatic N) is 2. The molecule has 0 radical (unpaired) electrons. The number of anilines is 1. The Morgan fingerprint density at radius 1 is 1.45 bits per heavy atom. The van der Waals surface area contributed by atoms with Crippen LogP contribution in [0.4, 0.5) is 5.82 Å². The zero-order chi connectivity index (χ0) is 13.9. The minimum atomic E-state index is -0.0292. The molecule has 0 fully saturated rings. The molecule has 1 N–H and O–H groups in total. The lowest BCUT2D eigenvalue weighted by atomic mass is 10.2. The highest BCUT2D eigenvalue weighted by atomic mass is 32.1. The molecule has 0 saturated carbocycles. The van der Waals surface area contributed by atoms with Gasteiger partial charge in [-0.05, 0) is 37.3 Å². The lowest BCUT2D eigenvalue weighted by Crippen LogP contribution is -2.24. The van der Waals surface area contributed by atoms with Gasteiger partial charge in [0.1, 0.15) is 0 Å². The lowest BCUT2D eigenvalue weighted by Gasteiger charge is -2.07. The molecule has 106 valence electrons. The Kier molecular flexibility index (Phi) is 3.87. The molecule has 4 nitrogen and oxygen atoms in total. The highest BCUT2D eigenvalue weighted by Crippen LogP contribution is 2.30. The highest BCUT2D eigenvalue weighted by molar-refractivity contribution is 7.12. The molecule has 2 aromatic rings. The number of hydrogen-bond acceptors (Lipinski definition) is 4. The summed E-state index contributed by atoms with van der Waals surface area (Å²) in [5.41, 5.74) is 1.47. The molecule has 0 atom stereocenters. The highest BCUT2D eigenvalue weighted by Gasteiger charge is 2.14. The van der Waals surface area contributed by atoms with Crippen molar-refractivity contribution in [3.63, 3.8) is 0 Å². The second kappa shape index (κ2) is 5.79. The van der Waals surface area contributed by atoms with E-state index in [2.05, 4.69) is 23.3 Å². The van der Waals surface area contributed by atoms with Crippen molar-refractivity contribution in [3.05, 3.63) is 44.1 Å². The predicted molar refractivity (Wildman–Crippen MR) is 82.5 cm³/mol. The van der Waals surface area contributed by atoms with E-state index in [9.17, 15) is 4.79 Å². The third-order valence-corrected chi connectivity index (χ3v) is 4.84. The van der Waals surface area contributed by atoms with Crippen molar-refractivity contribution in [2.24, 2.45) is 0 Å². The molecule has 0 aliphatic heterocycles. The minimum Gasteiger partial charge on any atom is -0.361 e. The average molecular weight is 289 g/mol. The standard InChI is InChI=1S/C15H19N3OS/c1-2-7-18-8-6-16-14(15(18)19)17-10-12-9-11-4-3-5-13(11)20-12/h6,8-9H,2-5,7,10H2,1H3,(H,16,17). The van der Waals surface area contributed by atoms with Crippen LogP contribution in [-0.2, 0) is 25.9 Å². The van der Waals surface area contributed by atoms with Gasteiger partial charge in [0.25, 0.3) is 5.56 Å². The van der Waals surface area contributed by atoms with Crippen LogP contribution in [0.2, 0.25) is 0 Å². The van der Waals surface area contributed by atoms with E-state index in [1.807, 2.05) is 11.3 Å². The van der Waals surface area contributed by atoms with Gasteiger partial charge in [-0.2, -0.15) is 0 Å². The number of rotatable bonds is 5. The van der Waals surface area contributed by atoms with Crippen LogP contribution in [0.25, 0.3) is 0 Å². The summed E-state index contributed by atoms with van der Waals surface area (Å²) in [7, 11) is 0. The molecule has 5 heteroatoms. The Balaban J connectivity index is 1.71. The first-order chi connectivity index (χ1) is 9.78. The summed E-state index contributed by atoms with van der Waals surface area (Å²) in [5.74, 6) is 0.453. The van der Waals surface area contributed by atoms with Crippen molar-refractivity contribution in [3.8, 4) is 0 Å². The van der Waals surface area contributed by atoms with Crippen LogP contribution in [0.5, 0.6) is 0 Å². The van der Waals surface area contributed by atoms with Gasteiger partial charge in [-0.1, -0.05) is 6.92 Å². The largest absolute Gasteiger partial charge is 0.361 e. The fourth-order valence-corrected chi connectivity index (χ4v) is 3.83. The fourth-order valence-electron chi connectivity index (χ4n) is 2.63. The first kappa shape index (κ1) is 13.4. The summed E-state index contributed by atoms with van der Waals surface area (Å²) in [6.07, 6.45) is 8.09. The molecule has 20 heavy (non-hydrogen) atoms. The molecule has 0 unspecified atom stereocenters. The van der Waals surface area contributed by atoms with Gasteiger partial charge < -0.3 is 9.88 Å². The smallest absolute Gasteiger partial charge is 0.293 e. The third-order valence-electron chi connectivity index (χ3n) is 3.61. The van der Waals surface area contributed by atoms with E-state index >= 15 is 0 Å². The minimum absolute atomic E-state index is 0.0292. The maximum atomic E-state index is 12.2. The first-order valence-corrected chi connectivity index (χ1v) is 7.99. The SMILES string of the molecule is CCCn1ccnc(NCc2cc3c(s2)CCC3)c1=O. The Labute approximate surface area is 122 Å². The molecule has 0 aromatic carbocycles. The summed E-state index contributed by atoms with van der Waals surface area (Å²) in [5, 5.41) is 3.18. The number of fused-ring (bicyclic) bond motifs is 1. The molecule has 2 heterocycles. The molecule has 0 saturated heterocycles. The van der Waals surface area contributed by atoms with Gasteiger partial charge >= 0.3 is 0 Å². The van der Waals surface area contributed by atoms with Crippen molar-refractivity contribution in [1.29, 1.82) is 0 Å². The molecule has 0 amide bonds. The normalized spacial score (nSPS) is 13.4. The maximum absolute atomic E-state index is 12.2. The molecule has 0 spiro atoms. The predicted octanol–water partition coefficient (Wildman–Crippen LogP) is 2.82. The topological polar surface area (TPSA) is 46.9 Å². The zero-order valence-electron chi connectivity index (χ0n) is 11.7. The van der Waals surface area contributed by atoms with E-state index < -0.39 is 0 Å². The van der Waals surface area contributed by atoms with Crippen molar-refractivity contribution < 1.29 is 0 Å². The van der Waals surface area contributed by atoms with Gasteiger partial charge in [0, 0.05) is 28.7 Å². The van der Waals surface area contributed by atoms with E-state index in [4.69, 9.17) is 0 Å². The molecular weight excluding hydrogens is 270 g/mol. The van der Waals surface area contributed by atoms with E-state index in [0.717, 1.165) is 13.0 Å².